The van der Waals surface area contributed by atoms with E-state index in [9.17, 15) is 4.21 Å². The molecule has 0 bridgehead atoms. The van der Waals surface area contributed by atoms with E-state index in [1.165, 1.54) is 0 Å². The van der Waals surface area contributed by atoms with E-state index in [4.69, 9.17) is 5.11 Å². The van der Waals surface area contributed by atoms with E-state index in [1.807, 2.05) is 6.07 Å². The Morgan fingerprint density at radius 2 is 2.13 bits per heavy atom. The van der Waals surface area contributed by atoms with Crippen LogP contribution in [0.1, 0.15) is 19.3 Å². The number of rotatable bonds is 6. The van der Waals surface area contributed by atoms with Crippen molar-refractivity contribution in [2.24, 2.45) is 0 Å². The lowest BCUT2D eigenvalue weighted by molar-refractivity contribution is 0.284. The zero-order valence-corrected chi connectivity index (χ0v) is 10.8. The van der Waals surface area contributed by atoms with Crippen LogP contribution in [0.25, 0.3) is 0 Å². The predicted octanol–water partition coefficient (Wildman–Crippen LogP) is 2.11. The van der Waals surface area contributed by atoms with Crippen LogP contribution in [-0.2, 0) is 10.8 Å². The highest BCUT2D eigenvalue weighted by molar-refractivity contribution is 9.10. The van der Waals surface area contributed by atoms with Crippen LogP contribution in [0.4, 0.5) is 0 Å². The highest BCUT2D eigenvalue weighted by Gasteiger charge is 2.04. The Kier molecular flexibility index (Phi) is 6.05. The zero-order valence-electron chi connectivity index (χ0n) is 8.36. The first kappa shape index (κ1) is 12.8. The Bertz CT molecular complexity index is 316. The molecule has 0 radical (unpaired) electrons. The zero-order chi connectivity index (χ0) is 11.1. The standard InChI is InChI=1S/C10H14BrNO2S/c11-9-4-5-10(12-8-9)15(14)7-3-1-2-6-13/h4-5,8,13H,1-3,6-7H2. The number of aromatic nitrogens is 1. The summed E-state index contributed by atoms with van der Waals surface area (Å²) in [5.41, 5.74) is 0. The summed E-state index contributed by atoms with van der Waals surface area (Å²) < 4.78 is 12.6. The molecule has 1 aromatic rings. The van der Waals surface area contributed by atoms with Gasteiger partial charge in [-0.3, -0.25) is 4.21 Å². The molecule has 1 N–H and O–H groups in total. The van der Waals surface area contributed by atoms with E-state index < -0.39 is 10.8 Å². The smallest absolute Gasteiger partial charge is 0.127 e. The minimum atomic E-state index is -1.01. The molecule has 0 aromatic carbocycles. The van der Waals surface area contributed by atoms with E-state index in [0.717, 1.165) is 23.7 Å². The summed E-state index contributed by atoms with van der Waals surface area (Å²) in [6, 6.07) is 3.61. The van der Waals surface area contributed by atoms with Gasteiger partial charge >= 0.3 is 0 Å². The maximum absolute atomic E-state index is 11.7. The maximum Gasteiger partial charge on any atom is 0.127 e. The number of nitrogens with zero attached hydrogens (tertiary/aromatic N) is 1. The lowest BCUT2D eigenvalue weighted by atomic mass is 10.3. The molecule has 1 unspecified atom stereocenters. The molecule has 0 saturated carbocycles. The minimum absolute atomic E-state index is 0.211. The Morgan fingerprint density at radius 1 is 1.33 bits per heavy atom. The average molecular weight is 292 g/mol. The molecule has 0 saturated heterocycles. The average Bonchev–Trinajstić information content (AvgIpc) is 2.25. The molecule has 0 aliphatic rings. The SMILES string of the molecule is O=S(CCCCCO)c1ccc(Br)cn1. The van der Waals surface area contributed by atoms with Crippen LogP contribution in [0.5, 0.6) is 0 Å². The third kappa shape index (κ3) is 4.86. The van der Waals surface area contributed by atoms with Crippen LogP contribution < -0.4 is 0 Å². The summed E-state index contributed by atoms with van der Waals surface area (Å²) >= 11 is 3.28. The Hall–Kier alpha value is -0.260. The van der Waals surface area contributed by atoms with Gasteiger partial charge in [-0.15, -0.1) is 0 Å². The molecule has 1 atom stereocenters. The van der Waals surface area contributed by atoms with Crippen molar-refractivity contribution in [3.63, 3.8) is 0 Å². The second-order valence-corrected chi connectivity index (χ2v) is 5.58. The summed E-state index contributed by atoms with van der Waals surface area (Å²) in [7, 11) is -1.01. The van der Waals surface area contributed by atoms with Gasteiger partial charge < -0.3 is 5.11 Å². The fraction of sp³-hybridized carbons (Fsp3) is 0.500. The van der Waals surface area contributed by atoms with Crippen LogP contribution in [0, 0.1) is 0 Å². The van der Waals surface area contributed by atoms with Gasteiger partial charge in [0.05, 0.1) is 10.8 Å². The lowest BCUT2D eigenvalue weighted by Crippen LogP contribution is -2.00. The number of unbranched alkanes of at least 4 members (excludes halogenated alkanes) is 2. The van der Waals surface area contributed by atoms with Crippen LogP contribution >= 0.6 is 15.9 Å². The molecule has 1 aromatic heterocycles. The van der Waals surface area contributed by atoms with Gasteiger partial charge in [-0.1, -0.05) is 6.42 Å². The fourth-order valence-corrected chi connectivity index (χ4v) is 2.42. The van der Waals surface area contributed by atoms with E-state index >= 15 is 0 Å². The van der Waals surface area contributed by atoms with Crippen molar-refractivity contribution < 1.29 is 9.32 Å². The molecule has 0 spiro atoms. The van der Waals surface area contributed by atoms with Crippen LogP contribution in [0.15, 0.2) is 27.8 Å². The number of hydrogen-bond donors (Lipinski definition) is 1. The van der Waals surface area contributed by atoms with Crippen LogP contribution in [0.2, 0.25) is 0 Å². The molecular weight excluding hydrogens is 278 g/mol. The minimum Gasteiger partial charge on any atom is -0.396 e. The van der Waals surface area contributed by atoms with Crippen molar-refractivity contribution in [1.29, 1.82) is 0 Å². The summed E-state index contributed by atoms with van der Waals surface area (Å²) in [4.78, 5) is 4.08. The largest absolute Gasteiger partial charge is 0.396 e. The molecule has 5 heteroatoms. The number of aliphatic hydroxyl groups excluding tert-OH is 1. The highest BCUT2D eigenvalue weighted by Crippen LogP contribution is 2.11. The van der Waals surface area contributed by atoms with Crippen molar-refractivity contribution in [1.82, 2.24) is 4.98 Å². The quantitative estimate of drug-likeness (QED) is 0.817. The van der Waals surface area contributed by atoms with E-state index in [0.29, 0.717) is 10.8 Å². The normalized spacial score (nSPS) is 12.7. The summed E-state index contributed by atoms with van der Waals surface area (Å²) in [6.45, 7) is 0.211. The first-order valence-corrected chi connectivity index (χ1v) is 6.96. The molecule has 0 amide bonds. The number of hydrogen-bond acceptors (Lipinski definition) is 3. The van der Waals surface area contributed by atoms with Gasteiger partial charge in [-0.2, -0.15) is 0 Å². The molecule has 1 heterocycles. The predicted molar refractivity (Wildman–Crippen MR) is 64.1 cm³/mol. The Balaban J connectivity index is 2.37. The second kappa shape index (κ2) is 7.09. The first-order chi connectivity index (χ1) is 7.24. The Morgan fingerprint density at radius 3 is 2.73 bits per heavy atom. The molecule has 15 heavy (non-hydrogen) atoms. The van der Waals surface area contributed by atoms with Gasteiger partial charge in [-0.25, -0.2) is 4.98 Å². The summed E-state index contributed by atoms with van der Waals surface area (Å²) in [6.07, 6.45) is 4.22. The Labute approximate surface area is 101 Å². The van der Waals surface area contributed by atoms with Crippen molar-refractivity contribution in [2.75, 3.05) is 12.4 Å². The number of aliphatic hydroxyl groups is 1. The summed E-state index contributed by atoms with van der Waals surface area (Å²) in [5.74, 6) is 0.620. The highest BCUT2D eigenvalue weighted by atomic mass is 79.9. The van der Waals surface area contributed by atoms with Gasteiger partial charge in [0.2, 0.25) is 0 Å². The van der Waals surface area contributed by atoms with E-state index in [2.05, 4.69) is 20.9 Å². The van der Waals surface area contributed by atoms with E-state index in [1.54, 1.807) is 12.3 Å². The topological polar surface area (TPSA) is 50.2 Å². The molecule has 0 fully saturated rings. The second-order valence-electron chi connectivity index (χ2n) is 3.15. The van der Waals surface area contributed by atoms with Crippen molar-refractivity contribution in [2.45, 2.75) is 24.3 Å². The molecule has 3 nitrogen and oxygen atoms in total. The van der Waals surface area contributed by atoms with Gasteiger partial charge in [-0.05, 0) is 40.9 Å². The van der Waals surface area contributed by atoms with Gasteiger partial charge in [0, 0.05) is 23.0 Å². The van der Waals surface area contributed by atoms with Gasteiger partial charge in [0.1, 0.15) is 5.03 Å². The molecule has 1 rings (SSSR count). The maximum atomic E-state index is 11.7. The van der Waals surface area contributed by atoms with Crippen LogP contribution in [0.3, 0.4) is 0 Å². The van der Waals surface area contributed by atoms with Gasteiger partial charge in [0.25, 0.3) is 0 Å². The van der Waals surface area contributed by atoms with Gasteiger partial charge in [0.15, 0.2) is 0 Å². The third-order valence-electron chi connectivity index (χ3n) is 1.92. The third-order valence-corrected chi connectivity index (χ3v) is 3.76. The lowest BCUT2D eigenvalue weighted by Gasteiger charge is -2.01. The summed E-state index contributed by atoms with van der Waals surface area (Å²) in [5, 5.41) is 9.21. The molecule has 0 aliphatic carbocycles. The van der Waals surface area contributed by atoms with Crippen molar-refractivity contribution in [3.05, 3.63) is 22.8 Å². The first-order valence-electron chi connectivity index (χ1n) is 4.85. The van der Waals surface area contributed by atoms with Crippen molar-refractivity contribution in [3.8, 4) is 0 Å². The molecular formula is C10H14BrNO2S. The fourth-order valence-electron chi connectivity index (χ4n) is 1.12. The van der Waals surface area contributed by atoms with Crippen LogP contribution in [-0.4, -0.2) is 26.7 Å². The molecule has 84 valence electrons. The number of halogens is 1. The monoisotopic (exact) mass is 291 g/mol. The number of pyridine rings is 1. The van der Waals surface area contributed by atoms with E-state index in [-0.39, 0.29) is 6.61 Å². The van der Waals surface area contributed by atoms with Crippen molar-refractivity contribution >= 4 is 26.7 Å². The molecule has 0 aliphatic heterocycles.